The zero-order valence-corrected chi connectivity index (χ0v) is 13.5. The number of nitrogens with zero attached hydrogens (tertiary/aromatic N) is 3. The van der Waals surface area contributed by atoms with Crippen molar-refractivity contribution in [2.24, 2.45) is 0 Å². The van der Waals surface area contributed by atoms with Gasteiger partial charge in [0.25, 0.3) is 0 Å². The van der Waals surface area contributed by atoms with E-state index >= 15 is 0 Å². The molecule has 0 saturated carbocycles. The Labute approximate surface area is 126 Å². The van der Waals surface area contributed by atoms with Crippen LogP contribution in [0.4, 0.5) is 0 Å². The number of hydrogen-bond donors (Lipinski definition) is 1. The summed E-state index contributed by atoms with van der Waals surface area (Å²) >= 11 is 0. The van der Waals surface area contributed by atoms with Gasteiger partial charge in [-0.2, -0.15) is 4.98 Å². The molecule has 1 aliphatic rings. The third kappa shape index (κ3) is 5.37. The Morgan fingerprint density at radius 2 is 2.24 bits per heavy atom. The van der Waals surface area contributed by atoms with Crippen molar-refractivity contribution < 1.29 is 14.4 Å². The molecule has 2 atom stereocenters. The van der Waals surface area contributed by atoms with Gasteiger partial charge in [0.1, 0.15) is 0 Å². The van der Waals surface area contributed by atoms with Crippen LogP contribution in [-0.4, -0.2) is 58.1 Å². The second-order valence-electron chi connectivity index (χ2n) is 6.86. The lowest BCUT2D eigenvalue weighted by molar-refractivity contribution is -0.0577. The smallest absolute Gasteiger partial charge is 0.231 e. The molecule has 21 heavy (non-hydrogen) atoms. The molecule has 2 rings (SSSR count). The molecule has 2 heterocycles. The zero-order chi connectivity index (χ0) is 15.5. The number of aliphatic hydroxyl groups excluding tert-OH is 1. The van der Waals surface area contributed by atoms with Gasteiger partial charge in [-0.15, -0.1) is 0 Å². The van der Waals surface area contributed by atoms with Gasteiger partial charge < -0.3 is 14.4 Å². The topological polar surface area (TPSA) is 71.6 Å². The highest BCUT2D eigenvalue weighted by Gasteiger charge is 2.27. The first-order chi connectivity index (χ1) is 9.83. The van der Waals surface area contributed by atoms with Gasteiger partial charge in [-0.25, -0.2) is 0 Å². The van der Waals surface area contributed by atoms with E-state index in [1.165, 1.54) is 0 Å². The Hall–Kier alpha value is -0.980. The van der Waals surface area contributed by atoms with Gasteiger partial charge in [-0.3, -0.25) is 4.90 Å². The van der Waals surface area contributed by atoms with Crippen LogP contribution in [0.3, 0.4) is 0 Å². The summed E-state index contributed by atoms with van der Waals surface area (Å²) in [5.41, 5.74) is -0.216. The van der Waals surface area contributed by atoms with Crippen LogP contribution in [0.1, 0.15) is 51.2 Å². The molecule has 1 aromatic rings. The van der Waals surface area contributed by atoms with Crippen molar-refractivity contribution >= 4 is 0 Å². The normalized spacial score (nSPS) is 22.4. The molecule has 0 aliphatic carbocycles. The second-order valence-corrected chi connectivity index (χ2v) is 6.86. The largest absolute Gasteiger partial charge is 0.389 e. The van der Waals surface area contributed by atoms with Crippen molar-refractivity contribution in [1.29, 1.82) is 0 Å². The minimum absolute atomic E-state index is 0.216. The molecular formula is C15H27N3O3. The Kier molecular flexibility index (Phi) is 5.35. The number of ether oxygens (including phenoxy) is 1. The second kappa shape index (κ2) is 6.85. The monoisotopic (exact) mass is 297 g/mol. The quantitative estimate of drug-likeness (QED) is 0.892. The standard InChI is InChI=1S/C15H27N3O3/c1-11-16-14(21-17-11)12-6-5-7-18(8-12)9-13(19)10-20-15(2,3)4/h12-13,19H,5-10H2,1-4H3. The van der Waals surface area contributed by atoms with Crippen LogP contribution in [0.25, 0.3) is 0 Å². The van der Waals surface area contributed by atoms with Crippen LogP contribution < -0.4 is 0 Å². The molecule has 1 aliphatic heterocycles. The van der Waals surface area contributed by atoms with Crippen molar-refractivity contribution in [3.8, 4) is 0 Å². The predicted molar refractivity (Wildman–Crippen MR) is 79.2 cm³/mol. The summed E-state index contributed by atoms with van der Waals surface area (Å²) in [6.45, 7) is 10.7. The molecule has 120 valence electrons. The van der Waals surface area contributed by atoms with E-state index in [0.29, 0.717) is 19.0 Å². The first-order valence-corrected chi connectivity index (χ1v) is 7.68. The van der Waals surface area contributed by atoms with Crippen LogP contribution in [-0.2, 0) is 4.74 Å². The fraction of sp³-hybridized carbons (Fsp3) is 0.867. The molecule has 0 aromatic carbocycles. The maximum atomic E-state index is 10.1. The molecule has 1 aromatic heterocycles. The molecule has 0 amide bonds. The van der Waals surface area contributed by atoms with Gasteiger partial charge in [0, 0.05) is 13.1 Å². The summed E-state index contributed by atoms with van der Waals surface area (Å²) in [6, 6.07) is 0. The number of piperidine rings is 1. The summed E-state index contributed by atoms with van der Waals surface area (Å²) in [6.07, 6.45) is 1.68. The molecule has 2 unspecified atom stereocenters. The van der Waals surface area contributed by atoms with Crippen molar-refractivity contribution in [2.75, 3.05) is 26.2 Å². The number of hydrogen-bond acceptors (Lipinski definition) is 6. The summed E-state index contributed by atoms with van der Waals surface area (Å²) < 4.78 is 10.9. The van der Waals surface area contributed by atoms with Crippen molar-refractivity contribution in [2.45, 2.75) is 58.2 Å². The van der Waals surface area contributed by atoms with E-state index in [1.807, 2.05) is 27.7 Å². The lowest BCUT2D eigenvalue weighted by Gasteiger charge is -2.32. The van der Waals surface area contributed by atoms with Crippen LogP contribution >= 0.6 is 0 Å². The SMILES string of the molecule is Cc1noc(C2CCCN(CC(O)COC(C)(C)C)C2)n1. The van der Waals surface area contributed by atoms with Crippen molar-refractivity contribution in [3.05, 3.63) is 11.7 Å². The van der Waals surface area contributed by atoms with Gasteiger partial charge in [-0.1, -0.05) is 5.16 Å². The number of likely N-dealkylation sites (tertiary alicyclic amines) is 1. The molecule has 1 saturated heterocycles. The minimum atomic E-state index is -0.465. The van der Waals surface area contributed by atoms with E-state index in [-0.39, 0.29) is 11.5 Å². The lowest BCUT2D eigenvalue weighted by Crippen LogP contribution is -2.41. The highest BCUT2D eigenvalue weighted by molar-refractivity contribution is 4.96. The van der Waals surface area contributed by atoms with Crippen LogP contribution in [0.2, 0.25) is 0 Å². The van der Waals surface area contributed by atoms with E-state index in [0.717, 1.165) is 31.8 Å². The molecule has 6 heteroatoms. The summed E-state index contributed by atoms with van der Waals surface area (Å²) in [7, 11) is 0. The Balaban J connectivity index is 1.81. The van der Waals surface area contributed by atoms with E-state index < -0.39 is 6.10 Å². The Morgan fingerprint density at radius 1 is 1.48 bits per heavy atom. The number of β-amino-alcohol motifs (C(OH)–C–C–N with tert-alkyl or cyclic N) is 1. The van der Waals surface area contributed by atoms with Crippen LogP contribution in [0, 0.1) is 6.92 Å². The van der Waals surface area contributed by atoms with Gasteiger partial charge in [0.05, 0.1) is 24.2 Å². The third-order valence-corrected chi connectivity index (χ3v) is 3.58. The third-order valence-electron chi connectivity index (χ3n) is 3.58. The van der Waals surface area contributed by atoms with Crippen LogP contribution in [0.15, 0.2) is 4.52 Å². The van der Waals surface area contributed by atoms with Gasteiger partial charge in [0.2, 0.25) is 5.89 Å². The van der Waals surface area contributed by atoms with E-state index in [9.17, 15) is 5.11 Å². The minimum Gasteiger partial charge on any atom is -0.389 e. The number of aryl methyl sites for hydroxylation is 1. The predicted octanol–water partition coefficient (Wildman–Crippen LogP) is 1.73. The number of aliphatic hydroxyl groups is 1. The van der Waals surface area contributed by atoms with Gasteiger partial charge in [-0.05, 0) is 47.1 Å². The van der Waals surface area contributed by atoms with Gasteiger partial charge in [0.15, 0.2) is 5.82 Å². The zero-order valence-electron chi connectivity index (χ0n) is 13.5. The molecular weight excluding hydrogens is 270 g/mol. The van der Waals surface area contributed by atoms with Crippen LogP contribution in [0.5, 0.6) is 0 Å². The summed E-state index contributed by atoms with van der Waals surface area (Å²) in [4.78, 5) is 6.58. The van der Waals surface area contributed by atoms with E-state index in [2.05, 4.69) is 15.0 Å². The molecule has 6 nitrogen and oxygen atoms in total. The summed E-state index contributed by atoms with van der Waals surface area (Å²) in [5, 5.41) is 14.0. The van der Waals surface area contributed by atoms with E-state index in [1.54, 1.807) is 0 Å². The maximum absolute atomic E-state index is 10.1. The highest BCUT2D eigenvalue weighted by atomic mass is 16.5. The summed E-state index contributed by atoms with van der Waals surface area (Å²) in [5.74, 6) is 1.68. The number of rotatable bonds is 5. The Morgan fingerprint density at radius 3 is 2.86 bits per heavy atom. The van der Waals surface area contributed by atoms with E-state index in [4.69, 9.17) is 9.26 Å². The highest BCUT2D eigenvalue weighted by Crippen LogP contribution is 2.25. The van der Waals surface area contributed by atoms with Crippen molar-refractivity contribution in [3.63, 3.8) is 0 Å². The first kappa shape index (κ1) is 16.4. The lowest BCUT2D eigenvalue weighted by atomic mass is 9.97. The molecule has 0 radical (unpaired) electrons. The average molecular weight is 297 g/mol. The fourth-order valence-corrected chi connectivity index (χ4v) is 2.60. The molecule has 0 spiro atoms. The Bertz CT molecular complexity index is 442. The fourth-order valence-electron chi connectivity index (χ4n) is 2.60. The maximum Gasteiger partial charge on any atom is 0.231 e. The molecule has 1 fully saturated rings. The molecule has 0 bridgehead atoms. The molecule has 1 N–H and O–H groups in total. The number of aromatic nitrogens is 2. The first-order valence-electron chi connectivity index (χ1n) is 7.68. The van der Waals surface area contributed by atoms with Gasteiger partial charge >= 0.3 is 0 Å². The average Bonchev–Trinajstić information content (AvgIpc) is 2.83. The van der Waals surface area contributed by atoms with Crippen molar-refractivity contribution in [1.82, 2.24) is 15.0 Å².